The molecule has 1 atom stereocenters. The van der Waals surface area contributed by atoms with Gasteiger partial charge in [-0.15, -0.1) is 0 Å². The second-order valence-corrected chi connectivity index (χ2v) is 4.78. The molecular formula is C13H16FN3S. The summed E-state index contributed by atoms with van der Waals surface area (Å²) in [6, 6.07) is 4.85. The van der Waals surface area contributed by atoms with E-state index in [0.29, 0.717) is 0 Å². The predicted octanol–water partition coefficient (Wildman–Crippen LogP) is 3.07. The second kappa shape index (κ2) is 6.02. The third-order valence-corrected chi connectivity index (χ3v) is 3.31. The van der Waals surface area contributed by atoms with Crippen molar-refractivity contribution in [2.75, 3.05) is 6.54 Å². The van der Waals surface area contributed by atoms with Crippen molar-refractivity contribution in [3.63, 3.8) is 0 Å². The molecule has 96 valence electrons. The number of nitrogens with zero attached hydrogens (tertiary/aromatic N) is 2. The van der Waals surface area contributed by atoms with Gasteiger partial charge in [0.2, 0.25) is 0 Å². The van der Waals surface area contributed by atoms with Crippen LogP contribution in [0.2, 0.25) is 0 Å². The van der Waals surface area contributed by atoms with Gasteiger partial charge in [-0.25, -0.2) is 4.39 Å². The fraction of sp³-hybridized carbons (Fsp3) is 0.385. The van der Waals surface area contributed by atoms with Crippen molar-refractivity contribution >= 4 is 11.7 Å². The maximum atomic E-state index is 13.2. The second-order valence-electron chi connectivity index (χ2n) is 4.22. The number of aromatic nitrogens is 2. The Bertz CT molecular complexity index is 499. The van der Waals surface area contributed by atoms with Crippen LogP contribution in [0.4, 0.5) is 4.39 Å². The Labute approximate surface area is 110 Å². The van der Waals surface area contributed by atoms with Crippen LogP contribution in [0.5, 0.6) is 0 Å². The topological polar surface area (TPSA) is 37.8 Å². The molecule has 1 aromatic carbocycles. The number of aryl methyl sites for hydroxylation is 1. The predicted molar refractivity (Wildman–Crippen MR) is 71.2 cm³/mol. The molecule has 0 fully saturated rings. The summed E-state index contributed by atoms with van der Waals surface area (Å²) in [7, 11) is 0. The van der Waals surface area contributed by atoms with Gasteiger partial charge in [0.05, 0.1) is 29.7 Å². The molecule has 1 heterocycles. The lowest BCUT2D eigenvalue weighted by Crippen LogP contribution is -2.24. The first kappa shape index (κ1) is 13.1. The van der Waals surface area contributed by atoms with Gasteiger partial charge in [-0.2, -0.15) is 8.75 Å². The van der Waals surface area contributed by atoms with E-state index in [9.17, 15) is 4.39 Å². The first-order valence-corrected chi connectivity index (χ1v) is 6.72. The highest BCUT2D eigenvalue weighted by Gasteiger charge is 2.18. The lowest BCUT2D eigenvalue weighted by molar-refractivity contribution is 0.582. The van der Waals surface area contributed by atoms with Crippen molar-refractivity contribution in [2.24, 2.45) is 0 Å². The summed E-state index contributed by atoms with van der Waals surface area (Å²) in [6.07, 6.45) is 2.80. The third-order valence-electron chi connectivity index (χ3n) is 2.82. The highest BCUT2D eigenvalue weighted by Crippen LogP contribution is 2.24. The zero-order valence-electron chi connectivity index (χ0n) is 10.5. The number of nitrogens with one attached hydrogen (secondary N) is 1. The van der Waals surface area contributed by atoms with Crippen LogP contribution in [0.15, 0.2) is 24.4 Å². The van der Waals surface area contributed by atoms with Gasteiger partial charge in [0, 0.05) is 0 Å². The molecule has 0 aliphatic rings. The summed E-state index contributed by atoms with van der Waals surface area (Å²) >= 11 is 1.19. The Morgan fingerprint density at radius 3 is 2.89 bits per heavy atom. The van der Waals surface area contributed by atoms with Crippen LogP contribution in [0.3, 0.4) is 0 Å². The average Bonchev–Trinajstić information content (AvgIpc) is 2.85. The summed E-state index contributed by atoms with van der Waals surface area (Å²) in [5.74, 6) is -0.207. The Balaban J connectivity index is 2.33. The van der Waals surface area contributed by atoms with E-state index in [4.69, 9.17) is 0 Å². The monoisotopic (exact) mass is 265 g/mol. The van der Waals surface area contributed by atoms with E-state index < -0.39 is 0 Å². The van der Waals surface area contributed by atoms with Gasteiger partial charge in [0.1, 0.15) is 5.82 Å². The molecule has 3 nitrogen and oxygen atoms in total. The zero-order valence-corrected chi connectivity index (χ0v) is 11.3. The summed E-state index contributed by atoms with van der Waals surface area (Å²) in [5, 5.41) is 3.43. The fourth-order valence-electron chi connectivity index (χ4n) is 1.92. The molecule has 1 unspecified atom stereocenters. The van der Waals surface area contributed by atoms with Gasteiger partial charge in [-0.05, 0) is 43.1 Å². The van der Waals surface area contributed by atoms with Crippen molar-refractivity contribution in [2.45, 2.75) is 26.3 Å². The van der Waals surface area contributed by atoms with Crippen molar-refractivity contribution in [1.29, 1.82) is 0 Å². The quantitative estimate of drug-likeness (QED) is 0.902. The van der Waals surface area contributed by atoms with Crippen molar-refractivity contribution in [3.05, 3.63) is 47.0 Å². The SMILES string of the molecule is CCCNC(c1cnsn1)c1ccc(F)cc1C. The van der Waals surface area contributed by atoms with Crippen LogP contribution >= 0.6 is 11.7 Å². The minimum Gasteiger partial charge on any atom is -0.305 e. The molecule has 0 saturated heterocycles. The molecule has 0 bridgehead atoms. The van der Waals surface area contributed by atoms with Crippen LogP contribution < -0.4 is 5.32 Å². The van der Waals surface area contributed by atoms with E-state index in [1.807, 2.05) is 13.0 Å². The smallest absolute Gasteiger partial charge is 0.123 e. The minimum absolute atomic E-state index is 0.00991. The van der Waals surface area contributed by atoms with E-state index in [1.165, 1.54) is 17.8 Å². The largest absolute Gasteiger partial charge is 0.305 e. The first-order valence-electron chi connectivity index (χ1n) is 5.99. The first-order chi connectivity index (χ1) is 8.72. The van der Waals surface area contributed by atoms with Gasteiger partial charge in [-0.1, -0.05) is 13.0 Å². The molecular weight excluding hydrogens is 249 g/mol. The van der Waals surface area contributed by atoms with Crippen LogP contribution in [0.1, 0.15) is 36.2 Å². The van der Waals surface area contributed by atoms with E-state index >= 15 is 0 Å². The number of benzene rings is 1. The molecule has 0 aliphatic carbocycles. The van der Waals surface area contributed by atoms with Crippen molar-refractivity contribution in [3.8, 4) is 0 Å². The third kappa shape index (κ3) is 2.91. The molecule has 0 saturated carbocycles. The van der Waals surface area contributed by atoms with Gasteiger partial charge < -0.3 is 5.32 Å². The fourth-order valence-corrected chi connectivity index (χ4v) is 2.37. The molecule has 2 rings (SSSR count). The van der Waals surface area contributed by atoms with Crippen molar-refractivity contribution in [1.82, 2.24) is 14.1 Å². The molecule has 5 heteroatoms. The highest BCUT2D eigenvalue weighted by atomic mass is 32.1. The number of rotatable bonds is 5. The summed E-state index contributed by atoms with van der Waals surface area (Å²) in [4.78, 5) is 0. The van der Waals surface area contributed by atoms with Crippen LogP contribution in [-0.4, -0.2) is 15.3 Å². The van der Waals surface area contributed by atoms with Gasteiger partial charge in [-0.3, -0.25) is 0 Å². The summed E-state index contributed by atoms with van der Waals surface area (Å²) in [6.45, 7) is 4.92. The Morgan fingerprint density at radius 1 is 1.44 bits per heavy atom. The minimum atomic E-state index is -0.207. The number of halogens is 1. The molecule has 18 heavy (non-hydrogen) atoms. The van der Waals surface area contributed by atoms with Gasteiger partial charge in [0.25, 0.3) is 0 Å². The van der Waals surface area contributed by atoms with Crippen molar-refractivity contribution < 1.29 is 4.39 Å². The maximum absolute atomic E-state index is 13.2. The van der Waals surface area contributed by atoms with Crippen LogP contribution in [0.25, 0.3) is 0 Å². The molecule has 2 aromatic rings. The molecule has 1 aromatic heterocycles. The maximum Gasteiger partial charge on any atom is 0.123 e. The molecule has 0 amide bonds. The van der Waals surface area contributed by atoms with E-state index in [0.717, 1.165) is 29.8 Å². The Kier molecular flexibility index (Phi) is 4.38. The lowest BCUT2D eigenvalue weighted by atomic mass is 9.99. The number of hydrogen-bond acceptors (Lipinski definition) is 4. The zero-order chi connectivity index (χ0) is 13.0. The van der Waals surface area contributed by atoms with E-state index in [1.54, 1.807) is 12.3 Å². The van der Waals surface area contributed by atoms with Gasteiger partial charge in [0.15, 0.2) is 0 Å². The van der Waals surface area contributed by atoms with Crippen LogP contribution in [-0.2, 0) is 0 Å². The van der Waals surface area contributed by atoms with E-state index in [-0.39, 0.29) is 11.9 Å². The molecule has 0 aliphatic heterocycles. The summed E-state index contributed by atoms with van der Waals surface area (Å²) < 4.78 is 21.5. The van der Waals surface area contributed by atoms with Crippen LogP contribution in [0, 0.1) is 12.7 Å². The average molecular weight is 265 g/mol. The summed E-state index contributed by atoms with van der Waals surface area (Å²) in [5.41, 5.74) is 2.87. The Morgan fingerprint density at radius 2 is 2.28 bits per heavy atom. The van der Waals surface area contributed by atoms with Gasteiger partial charge >= 0.3 is 0 Å². The Hall–Kier alpha value is -1.33. The van der Waals surface area contributed by atoms with E-state index in [2.05, 4.69) is 21.0 Å². The normalized spacial score (nSPS) is 12.6. The molecule has 0 radical (unpaired) electrons. The molecule has 0 spiro atoms. The number of hydrogen-bond donors (Lipinski definition) is 1. The highest BCUT2D eigenvalue weighted by molar-refractivity contribution is 6.99. The lowest BCUT2D eigenvalue weighted by Gasteiger charge is -2.18. The molecule has 1 N–H and O–H groups in total. The standard InChI is InChI=1S/C13H16FN3S/c1-3-6-15-13(12-8-16-18-17-12)11-5-4-10(14)7-9(11)2/h4-5,7-8,13,15H,3,6H2,1-2H3.